The number of fused-ring (bicyclic) bond motifs is 1. The van der Waals surface area contributed by atoms with Crippen molar-refractivity contribution in [1.29, 1.82) is 0 Å². The van der Waals surface area contributed by atoms with Crippen molar-refractivity contribution >= 4 is 60.6 Å². The van der Waals surface area contributed by atoms with Gasteiger partial charge in [-0.1, -0.05) is 22.0 Å². The molecule has 0 bridgehead atoms. The summed E-state index contributed by atoms with van der Waals surface area (Å²) >= 11 is 6.93. The number of benzene rings is 3. The van der Waals surface area contributed by atoms with E-state index in [1.54, 1.807) is 30.3 Å². The van der Waals surface area contributed by atoms with Crippen LogP contribution >= 0.6 is 31.9 Å². The van der Waals surface area contributed by atoms with Gasteiger partial charge < -0.3 is 9.15 Å². The molecule has 182 valence electrons. The van der Waals surface area contributed by atoms with E-state index in [-0.39, 0.29) is 18.1 Å². The van der Waals surface area contributed by atoms with Crippen molar-refractivity contribution in [2.24, 2.45) is 5.10 Å². The van der Waals surface area contributed by atoms with E-state index in [0.717, 1.165) is 26.5 Å². The SMILES string of the molecule is C=CCc1cc(/C=N/NC(=O)c2cc3cc(Br)ccc3o2)cc(Br)c1OCc1ccc([N+](=O)[O-])cc1. The van der Waals surface area contributed by atoms with Crippen molar-refractivity contribution in [2.75, 3.05) is 0 Å². The molecule has 0 saturated heterocycles. The molecular weight excluding hydrogens is 594 g/mol. The van der Waals surface area contributed by atoms with Crippen molar-refractivity contribution in [3.8, 4) is 5.75 Å². The van der Waals surface area contributed by atoms with Crippen molar-refractivity contribution in [3.63, 3.8) is 0 Å². The zero-order valence-corrected chi connectivity index (χ0v) is 21.9. The van der Waals surface area contributed by atoms with Gasteiger partial charge in [-0.3, -0.25) is 14.9 Å². The van der Waals surface area contributed by atoms with E-state index in [9.17, 15) is 14.9 Å². The first kappa shape index (κ1) is 25.3. The molecule has 0 atom stereocenters. The van der Waals surface area contributed by atoms with Crippen LogP contribution in [-0.2, 0) is 13.0 Å². The predicted octanol–water partition coefficient (Wildman–Crippen LogP) is 6.94. The van der Waals surface area contributed by atoms with Gasteiger partial charge in [-0.25, -0.2) is 5.43 Å². The second kappa shape index (κ2) is 11.3. The Labute approximate surface area is 223 Å². The van der Waals surface area contributed by atoms with Gasteiger partial charge >= 0.3 is 5.91 Å². The van der Waals surface area contributed by atoms with Crippen LogP contribution in [0.25, 0.3) is 11.0 Å². The number of hydrogen-bond acceptors (Lipinski definition) is 6. The molecule has 1 N–H and O–H groups in total. The van der Waals surface area contributed by atoms with E-state index < -0.39 is 10.8 Å². The molecule has 0 unspecified atom stereocenters. The highest BCUT2D eigenvalue weighted by Gasteiger charge is 2.13. The molecule has 4 rings (SSSR count). The third kappa shape index (κ3) is 6.07. The molecule has 0 aliphatic rings. The summed E-state index contributed by atoms with van der Waals surface area (Å²) in [5.41, 5.74) is 5.49. The summed E-state index contributed by atoms with van der Waals surface area (Å²) in [5, 5.41) is 15.7. The fourth-order valence-electron chi connectivity index (χ4n) is 3.43. The quantitative estimate of drug-likeness (QED) is 0.0953. The summed E-state index contributed by atoms with van der Waals surface area (Å²) in [5.74, 6) is 0.318. The van der Waals surface area contributed by atoms with Gasteiger partial charge in [-0.05, 0) is 87.6 Å². The average Bonchev–Trinajstić information content (AvgIpc) is 3.27. The summed E-state index contributed by atoms with van der Waals surface area (Å²) in [7, 11) is 0. The maximum atomic E-state index is 12.4. The topological polar surface area (TPSA) is 107 Å². The van der Waals surface area contributed by atoms with Gasteiger partial charge in [0.2, 0.25) is 0 Å². The molecule has 0 aliphatic carbocycles. The highest BCUT2D eigenvalue weighted by Crippen LogP contribution is 2.32. The lowest BCUT2D eigenvalue weighted by Gasteiger charge is -2.14. The molecule has 1 amide bonds. The number of nitro benzene ring substituents is 1. The Morgan fingerprint density at radius 1 is 1.14 bits per heavy atom. The molecule has 0 saturated carbocycles. The van der Waals surface area contributed by atoms with Gasteiger partial charge in [0, 0.05) is 22.0 Å². The first-order chi connectivity index (χ1) is 17.3. The first-order valence-corrected chi connectivity index (χ1v) is 12.2. The molecule has 10 heteroatoms. The Hall–Kier alpha value is -3.76. The van der Waals surface area contributed by atoms with Crippen LogP contribution in [0.15, 0.2) is 91.8 Å². The number of furan rings is 1. The van der Waals surface area contributed by atoms with E-state index in [1.165, 1.54) is 18.3 Å². The lowest BCUT2D eigenvalue weighted by Crippen LogP contribution is -2.16. The van der Waals surface area contributed by atoms with Gasteiger partial charge in [-0.15, -0.1) is 6.58 Å². The number of amides is 1. The van der Waals surface area contributed by atoms with Crippen molar-refractivity contribution in [3.05, 3.63) is 115 Å². The van der Waals surface area contributed by atoms with Crippen LogP contribution in [0.1, 0.15) is 27.2 Å². The van der Waals surface area contributed by atoms with Crippen LogP contribution in [0, 0.1) is 10.1 Å². The van der Waals surface area contributed by atoms with Gasteiger partial charge in [-0.2, -0.15) is 5.10 Å². The van der Waals surface area contributed by atoms with Crippen LogP contribution < -0.4 is 10.2 Å². The maximum absolute atomic E-state index is 12.4. The first-order valence-electron chi connectivity index (χ1n) is 10.7. The Bertz CT molecular complexity index is 1480. The number of nitro groups is 1. The van der Waals surface area contributed by atoms with Crippen LogP contribution in [0.4, 0.5) is 5.69 Å². The molecule has 4 aromatic rings. The van der Waals surface area contributed by atoms with E-state index >= 15 is 0 Å². The van der Waals surface area contributed by atoms with Crippen molar-refractivity contribution in [1.82, 2.24) is 5.43 Å². The number of carbonyl (C=O) groups is 1. The molecule has 0 fully saturated rings. The summed E-state index contributed by atoms with van der Waals surface area (Å²) < 4.78 is 13.2. The number of halogens is 2. The van der Waals surface area contributed by atoms with E-state index in [4.69, 9.17) is 9.15 Å². The molecule has 8 nitrogen and oxygen atoms in total. The number of carbonyl (C=O) groups excluding carboxylic acids is 1. The average molecular weight is 613 g/mol. The number of nitrogens with zero attached hydrogens (tertiary/aromatic N) is 2. The second-order valence-electron chi connectivity index (χ2n) is 7.69. The molecule has 1 aromatic heterocycles. The fourth-order valence-corrected chi connectivity index (χ4v) is 4.45. The summed E-state index contributed by atoms with van der Waals surface area (Å²) in [4.78, 5) is 22.8. The number of rotatable bonds is 9. The Balaban J connectivity index is 1.45. The third-order valence-corrected chi connectivity index (χ3v) is 6.20. The molecule has 0 aliphatic heterocycles. The highest BCUT2D eigenvalue weighted by molar-refractivity contribution is 9.10. The van der Waals surface area contributed by atoms with Gasteiger partial charge in [0.25, 0.3) is 5.69 Å². The number of hydrogen-bond donors (Lipinski definition) is 1. The minimum atomic E-state index is -0.466. The number of nitrogens with one attached hydrogen (secondary N) is 1. The zero-order chi connectivity index (χ0) is 25.7. The van der Waals surface area contributed by atoms with Crippen LogP contribution in [-0.4, -0.2) is 17.0 Å². The van der Waals surface area contributed by atoms with Crippen LogP contribution in [0.5, 0.6) is 5.75 Å². The fraction of sp³-hybridized carbons (Fsp3) is 0.0769. The minimum absolute atomic E-state index is 0.0244. The zero-order valence-electron chi connectivity index (χ0n) is 18.7. The third-order valence-electron chi connectivity index (χ3n) is 5.12. The molecule has 3 aromatic carbocycles. The van der Waals surface area contributed by atoms with E-state index in [0.29, 0.717) is 22.2 Å². The molecule has 1 heterocycles. The lowest BCUT2D eigenvalue weighted by molar-refractivity contribution is -0.384. The predicted molar refractivity (Wildman–Crippen MR) is 144 cm³/mol. The van der Waals surface area contributed by atoms with Gasteiger partial charge in [0.1, 0.15) is 17.9 Å². The van der Waals surface area contributed by atoms with E-state index in [2.05, 4.69) is 49.0 Å². The maximum Gasteiger partial charge on any atom is 0.307 e. The van der Waals surface area contributed by atoms with Gasteiger partial charge in [0.15, 0.2) is 5.76 Å². The summed E-state index contributed by atoms with van der Waals surface area (Å²) in [6.45, 7) is 4.04. The molecule has 36 heavy (non-hydrogen) atoms. The Kier molecular flexibility index (Phi) is 7.97. The van der Waals surface area contributed by atoms with Gasteiger partial charge in [0.05, 0.1) is 15.6 Å². The highest BCUT2D eigenvalue weighted by atomic mass is 79.9. The molecular formula is C26H19Br2N3O5. The normalized spacial score (nSPS) is 11.1. The molecule has 0 spiro atoms. The van der Waals surface area contributed by atoms with Crippen molar-refractivity contribution < 1.29 is 18.9 Å². The number of ether oxygens (including phenoxy) is 1. The minimum Gasteiger partial charge on any atom is -0.487 e. The van der Waals surface area contributed by atoms with Crippen LogP contribution in [0.2, 0.25) is 0 Å². The largest absolute Gasteiger partial charge is 0.487 e. The Morgan fingerprint density at radius 3 is 2.64 bits per heavy atom. The number of hydrazone groups is 1. The summed E-state index contributed by atoms with van der Waals surface area (Å²) in [6, 6.07) is 17.0. The smallest absolute Gasteiger partial charge is 0.307 e. The number of non-ortho nitro benzene ring substituents is 1. The van der Waals surface area contributed by atoms with Crippen LogP contribution in [0.3, 0.4) is 0 Å². The molecule has 0 radical (unpaired) electrons. The number of allylic oxidation sites excluding steroid dienone is 1. The monoisotopic (exact) mass is 611 g/mol. The van der Waals surface area contributed by atoms with E-state index in [1.807, 2.05) is 24.3 Å². The summed E-state index contributed by atoms with van der Waals surface area (Å²) in [6.07, 6.45) is 3.81. The van der Waals surface area contributed by atoms with Crippen molar-refractivity contribution in [2.45, 2.75) is 13.0 Å². The standard InChI is InChI=1S/C26H19Br2N3O5/c1-2-3-18-10-17(11-22(28)25(18)35-15-16-4-7-21(8-5-16)31(33)34)14-29-30-26(32)24-13-19-12-20(27)6-9-23(19)36-24/h2,4-14H,1,3,15H2,(H,30,32)/b29-14+. The second-order valence-corrected chi connectivity index (χ2v) is 9.46. The lowest BCUT2D eigenvalue weighted by atomic mass is 10.1. The Morgan fingerprint density at radius 2 is 1.92 bits per heavy atom.